The number of rotatable bonds is 3. The van der Waals surface area contributed by atoms with Gasteiger partial charge in [0.1, 0.15) is 5.15 Å². The van der Waals surface area contributed by atoms with Crippen LogP contribution in [0.15, 0.2) is 12.3 Å². The monoisotopic (exact) mass is 242 g/mol. The number of hydrogen-bond acceptors (Lipinski definition) is 3. The van der Waals surface area contributed by atoms with Crippen molar-refractivity contribution < 1.29 is 14.7 Å². The molecule has 0 aliphatic carbocycles. The van der Waals surface area contributed by atoms with E-state index in [0.29, 0.717) is 0 Å². The van der Waals surface area contributed by atoms with Gasteiger partial charge in [-0.15, -0.1) is 0 Å². The van der Waals surface area contributed by atoms with E-state index in [4.69, 9.17) is 16.7 Å². The van der Waals surface area contributed by atoms with Crippen LogP contribution in [-0.2, 0) is 0 Å². The summed E-state index contributed by atoms with van der Waals surface area (Å²) >= 11 is 5.66. The first-order valence-electron chi connectivity index (χ1n) is 4.61. The fourth-order valence-corrected chi connectivity index (χ4v) is 1.32. The number of carbonyl (C=O) groups is 2. The van der Waals surface area contributed by atoms with Crippen molar-refractivity contribution >= 4 is 29.2 Å². The predicted octanol–water partition coefficient (Wildman–Crippen LogP) is 2.66. The lowest BCUT2D eigenvalue weighted by Gasteiger charge is -2.10. The zero-order valence-corrected chi connectivity index (χ0v) is 9.58. The van der Waals surface area contributed by atoms with Crippen molar-refractivity contribution in [2.75, 3.05) is 5.32 Å². The second-order valence-corrected chi connectivity index (χ2v) is 3.89. The molecule has 0 atom stereocenters. The molecule has 16 heavy (non-hydrogen) atoms. The quantitative estimate of drug-likeness (QED) is 0.631. The Kier molecular flexibility index (Phi) is 3.84. The van der Waals surface area contributed by atoms with Crippen LogP contribution in [0.5, 0.6) is 0 Å². The standard InChI is InChI=1S/C10H11ClN2O3/c1-5(2)9(14)6-3-8(11)12-4-7(6)13-10(15)16/h3-5,13H,1-2H3,(H,15,16). The maximum Gasteiger partial charge on any atom is 0.409 e. The minimum atomic E-state index is -1.25. The molecule has 0 saturated carbocycles. The summed E-state index contributed by atoms with van der Waals surface area (Å²) in [4.78, 5) is 26.0. The highest BCUT2D eigenvalue weighted by atomic mass is 35.5. The molecule has 0 bridgehead atoms. The number of carbonyl (C=O) groups excluding carboxylic acids is 1. The van der Waals surface area contributed by atoms with Gasteiger partial charge >= 0.3 is 6.09 Å². The molecule has 0 aliphatic rings. The first kappa shape index (κ1) is 12.4. The van der Waals surface area contributed by atoms with Crippen molar-refractivity contribution in [3.05, 3.63) is 23.0 Å². The molecule has 0 radical (unpaired) electrons. The Morgan fingerprint density at radius 1 is 1.50 bits per heavy atom. The Morgan fingerprint density at radius 2 is 2.12 bits per heavy atom. The lowest BCUT2D eigenvalue weighted by Crippen LogP contribution is -2.15. The number of anilines is 1. The molecule has 6 heteroatoms. The van der Waals surface area contributed by atoms with Crippen molar-refractivity contribution in [2.45, 2.75) is 13.8 Å². The first-order chi connectivity index (χ1) is 7.41. The largest absolute Gasteiger partial charge is 0.465 e. The molecule has 0 aromatic carbocycles. The van der Waals surface area contributed by atoms with Crippen molar-refractivity contribution in [2.24, 2.45) is 5.92 Å². The maximum atomic E-state index is 11.8. The summed E-state index contributed by atoms with van der Waals surface area (Å²) in [5, 5.41) is 10.9. The van der Waals surface area contributed by atoms with E-state index in [2.05, 4.69) is 10.3 Å². The van der Waals surface area contributed by atoms with Gasteiger partial charge in [-0.25, -0.2) is 9.78 Å². The van der Waals surface area contributed by atoms with E-state index in [1.165, 1.54) is 12.3 Å². The number of halogens is 1. The summed E-state index contributed by atoms with van der Waals surface area (Å²) in [7, 11) is 0. The van der Waals surface area contributed by atoms with Crippen LogP contribution in [0.25, 0.3) is 0 Å². The summed E-state index contributed by atoms with van der Waals surface area (Å²) in [5.74, 6) is -0.430. The number of nitrogens with one attached hydrogen (secondary N) is 1. The van der Waals surface area contributed by atoms with E-state index in [9.17, 15) is 9.59 Å². The lowest BCUT2D eigenvalue weighted by atomic mass is 10.0. The smallest absolute Gasteiger partial charge is 0.409 e. The van der Waals surface area contributed by atoms with Gasteiger partial charge in [0, 0.05) is 11.5 Å². The third kappa shape index (κ3) is 2.93. The second-order valence-electron chi connectivity index (χ2n) is 3.50. The molecule has 0 saturated heterocycles. The summed E-state index contributed by atoms with van der Waals surface area (Å²) < 4.78 is 0. The van der Waals surface area contributed by atoms with Crippen molar-refractivity contribution in [3.8, 4) is 0 Å². The Morgan fingerprint density at radius 3 is 2.62 bits per heavy atom. The molecular weight excluding hydrogens is 232 g/mol. The number of hydrogen-bond donors (Lipinski definition) is 2. The summed E-state index contributed by atoms with van der Waals surface area (Å²) in [6.07, 6.45) is -0.0200. The van der Waals surface area contributed by atoms with Crippen LogP contribution < -0.4 is 5.32 Å². The van der Waals surface area contributed by atoms with Crippen LogP contribution in [0.1, 0.15) is 24.2 Å². The Hall–Kier alpha value is -1.62. The number of carboxylic acid groups (broad SMARTS) is 1. The SMILES string of the molecule is CC(C)C(=O)c1cc(Cl)ncc1NC(=O)O. The van der Waals surface area contributed by atoms with Gasteiger partial charge in [-0.3, -0.25) is 10.1 Å². The van der Waals surface area contributed by atoms with Crippen molar-refractivity contribution in [1.82, 2.24) is 4.98 Å². The molecule has 0 aliphatic heterocycles. The Bertz CT molecular complexity index is 432. The fourth-order valence-electron chi connectivity index (χ4n) is 1.16. The molecule has 2 N–H and O–H groups in total. The van der Waals surface area contributed by atoms with E-state index < -0.39 is 6.09 Å². The molecule has 1 aromatic heterocycles. The molecule has 0 fully saturated rings. The second kappa shape index (κ2) is 4.94. The molecule has 1 aromatic rings. The minimum absolute atomic E-state index is 0.149. The number of amides is 1. The van der Waals surface area contributed by atoms with E-state index in [1.807, 2.05) is 0 Å². The van der Waals surface area contributed by atoms with E-state index in [1.54, 1.807) is 13.8 Å². The van der Waals surface area contributed by atoms with E-state index in [-0.39, 0.29) is 28.1 Å². The van der Waals surface area contributed by atoms with Gasteiger partial charge in [-0.1, -0.05) is 25.4 Å². The number of Topliss-reactive ketones (excluding diaryl/α,β-unsaturated/α-hetero) is 1. The zero-order chi connectivity index (χ0) is 12.3. The fraction of sp³-hybridized carbons (Fsp3) is 0.300. The third-order valence-corrected chi connectivity index (χ3v) is 2.11. The van der Waals surface area contributed by atoms with Gasteiger partial charge in [0.05, 0.1) is 11.9 Å². The van der Waals surface area contributed by atoms with Crippen molar-refractivity contribution in [3.63, 3.8) is 0 Å². The van der Waals surface area contributed by atoms with Crippen LogP contribution in [-0.4, -0.2) is 22.0 Å². The van der Waals surface area contributed by atoms with Crippen LogP contribution in [0.3, 0.4) is 0 Å². The zero-order valence-electron chi connectivity index (χ0n) is 8.82. The summed E-state index contributed by atoms with van der Waals surface area (Å²) in [5.41, 5.74) is 0.382. The molecule has 1 amide bonds. The molecule has 1 heterocycles. The van der Waals surface area contributed by atoms with Gasteiger partial charge < -0.3 is 5.11 Å². The molecule has 0 spiro atoms. The van der Waals surface area contributed by atoms with Crippen LogP contribution in [0.4, 0.5) is 10.5 Å². The minimum Gasteiger partial charge on any atom is -0.465 e. The van der Waals surface area contributed by atoms with Crippen LogP contribution in [0.2, 0.25) is 5.15 Å². The van der Waals surface area contributed by atoms with Gasteiger partial charge in [0.15, 0.2) is 5.78 Å². The highest BCUT2D eigenvalue weighted by molar-refractivity contribution is 6.30. The average molecular weight is 243 g/mol. The molecule has 86 valence electrons. The normalized spacial score (nSPS) is 10.2. The van der Waals surface area contributed by atoms with Gasteiger partial charge in [0.25, 0.3) is 0 Å². The summed E-state index contributed by atoms with van der Waals surface area (Å²) in [6.45, 7) is 3.45. The van der Waals surface area contributed by atoms with E-state index >= 15 is 0 Å². The van der Waals surface area contributed by atoms with Crippen LogP contribution >= 0.6 is 11.6 Å². The highest BCUT2D eigenvalue weighted by Gasteiger charge is 2.17. The molecular formula is C10H11ClN2O3. The third-order valence-electron chi connectivity index (χ3n) is 1.90. The number of ketones is 1. The predicted molar refractivity (Wildman–Crippen MR) is 60.1 cm³/mol. The average Bonchev–Trinajstić information content (AvgIpc) is 2.18. The topological polar surface area (TPSA) is 79.3 Å². The van der Waals surface area contributed by atoms with Crippen LogP contribution in [0, 0.1) is 5.92 Å². The summed E-state index contributed by atoms with van der Waals surface area (Å²) in [6, 6.07) is 1.36. The number of pyridine rings is 1. The molecule has 5 nitrogen and oxygen atoms in total. The van der Waals surface area contributed by atoms with Crippen molar-refractivity contribution in [1.29, 1.82) is 0 Å². The van der Waals surface area contributed by atoms with Gasteiger partial charge in [0.2, 0.25) is 0 Å². The highest BCUT2D eigenvalue weighted by Crippen LogP contribution is 2.21. The lowest BCUT2D eigenvalue weighted by molar-refractivity contribution is 0.0940. The van der Waals surface area contributed by atoms with E-state index in [0.717, 1.165) is 0 Å². The Balaban J connectivity index is 3.17. The number of aromatic nitrogens is 1. The van der Waals surface area contributed by atoms with Gasteiger partial charge in [-0.2, -0.15) is 0 Å². The maximum absolute atomic E-state index is 11.8. The molecule has 0 unspecified atom stereocenters. The van der Waals surface area contributed by atoms with Gasteiger partial charge in [-0.05, 0) is 6.07 Å². The number of nitrogens with zero attached hydrogens (tertiary/aromatic N) is 1. The first-order valence-corrected chi connectivity index (χ1v) is 4.99. The molecule has 1 rings (SSSR count). The Labute approximate surface area is 97.4 Å².